The topological polar surface area (TPSA) is 78.7 Å². The molecule has 0 N–H and O–H groups in total. The van der Waals surface area contributed by atoms with Crippen LogP contribution in [0.5, 0.6) is 0 Å². The molecule has 1 saturated carbocycles. The van der Waals surface area contributed by atoms with E-state index in [1.54, 1.807) is 7.11 Å². The number of rotatable bonds is 4. The zero-order valence-corrected chi connectivity index (χ0v) is 12.3. The Balaban J connectivity index is 2.09. The summed E-state index contributed by atoms with van der Waals surface area (Å²) in [6.45, 7) is 0. The number of esters is 1. The van der Waals surface area contributed by atoms with E-state index < -0.39 is 10.9 Å². The molecule has 114 valence electrons. The van der Waals surface area contributed by atoms with Crippen LogP contribution in [0.2, 0.25) is 5.02 Å². The number of carbonyl (C=O) groups excluding carboxylic acids is 1. The molecule has 21 heavy (non-hydrogen) atoms. The molecule has 0 amide bonds. The van der Waals surface area contributed by atoms with Crippen LogP contribution in [0.4, 0.5) is 5.69 Å². The SMILES string of the molecule is COC1CCCC(OC(=O)c2cc([N+](=O)[O-])ccc2Cl)C1. The Labute approximate surface area is 127 Å². The number of nitro benzene ring substituents is 1. The Morgan fingerprint density at radius 1 is 1.38 bits per heavy atom. The van der Waals surface area contributed by atoms with E-state index in [0.29, 0.717) is 6.42 Å². The van der Waals surface area contributed by atoms with Gasteiger partial charge in [-0.3, -0.25) is 10.1 Å². The molecule has 1 fully saturated rings. The first-order chi connectivity index (χ1) is 10.0. The molecule has 0 aliphatic heterocycles. The van der Waals surface area contributed by atoms with Gasteiger partial charge in [0.1, 0.15) is 6.10 Å². The third kappa shape index (κ3) is 3.92. The summed E-state index contributed by atoms with van der Waals surface area (Å²) in [5.74, 6) is -0.634. The van der Waals surface area contributed by atoms with E-state index in [9.17, 15) is 14.9 Å². The van der Waals surface area contributed by atoms with Gasteiger partial charge in [0.15, 0.2) is 0 Å². The molecule has 1 aromatic rings. The average Bonchev–Trinajstić information content (AvgIpc) is 2.47. The number of benzene rings is 1. The van der Waals surface area contributed by atoms with Gasteiger partial charge in [-0.05, 0) is 25.3 Å². The van der Waals surface area contributed by atoms with Crippen LogP contribution in [0.1, 0.15) is 36.0 Å². The molecule has 0 bridgehead atoms. The molecular formula is C14H16ClNO5. The van der Waals surface area contributed by atoms with Gasteiger partial charge in [0.2, 0.25) is 0 Å². The van der Waals surface area contributed by atoms with Crippen LogP contribution >= 0.6 is 11.6 Å². The Morgan fingerprint density at radius 2 is 2.10 bits per heavy atom. The lowest BCUT2D eigenvalue weighted by molar-refractivity contribution is -0.384. The second kappa shape index (κ2) is 6.87. The number of non-ortho nitro benzene ring substituents is 1. The number of nitro groups is 1. The maximum absolute atomic E-state index is 12.1. The van der Waals surface area contributed by atoms with Crippen LogP contribution in [0.3, 0.4) is 0 Å². The predicted molar refractivity (Wildman–Crippen MR) is 76.6 cm³/mol. The van der Waals surface area contributed by atoms with Crippen LogP contribution in [0.25, 0.3) is 0 Å². The van der Waals surface area contributed by atoms with Crippen molar-refractivity contribution < 1.29 is 19.2 Å². The van der Waals surface area contributed by atoms with Gasteiger partial charge in [-0.25, -0.2) is 4.79 Å². The number of ether oxygens (including phenoxy) is 2. The van der Waals surface area contributed by atoms with Crippen molar-refractivity contribution in [3.63, 3.8) is 0 Å². The summed E-state index contributed by atoms with van der Waals surface area (Å²) in [5, 5.41) is 10.9. The van der Waals surface area contributed by atoms with E-state index >= 15 is 0 Å². The van der Waals surface area contributed by atoms with Crippen LogP contribution < -0.4 is 0 Å². The first-order valence-electron chi connectivity index (χ1n) is 6.69. The molecule has 0 aromatic heterocycles. The smallest absolute Gasteiger partial charge is 0.340 e. The van der Waals surface area contributed by atoms with Crippen molar-refractivity contribution in [2.24, 2.45) is 0 Å². The van der Waals surface area contributed by atoms with Gasteiger partial charge in [-0.1, -0.05) is 11.6 Å². The third-order valence-electron chi connectivity index (χ3n) is 3.57. The highest BCUT2D eigenvalue weighted by Crippen LogP contribution is 2.27. The molecule has 2 atom stereocenters. The highest BCUT2D eigenvalue weighted by atomic mass is 35.5. The second-order valence-electron chi connectivity index (χ2n) is 4.97. The van der Waals surface area contributed by atoms with Crippen molar-refractivity contribution in [3.8, 4) is 0 Å². The molecule has 0 radical (unpaired) electrons. The maximum Gasteiger partial charge on any atom is 0.340 e. The fourth-order valence-electron chi connectivity index (χ4n) is 2.42. The Kier molecular flexibility index (Phi) is 5.14. The fourth-order valence-corrected chi connectivity index (χ4v) is 2.62. The van der Waals surface area contributed by atoms with Gasteiger partial charge in [0.25, 0.3) is 5.69 Å². The van der Waals surface area contributed by atoms with E-state index in [1.807, 2.05) is 0 Å². The normalized spacial score (nSPS) is 21.8. The second-order valence-corrected chi connectivity index (χ2v) is 5.38. The zero-order valence-electron chi connectivity index (χ0n) is 11.6. The maximum atomic E-state index is 12.1. The largest absolute Gasteiger partial charge is 0.459 e. The molecule has 1 aliphatic rings. The number of hydrogen-bond donors (Lipinski definition) is 0. The quantitative estimate of drug-likeness (QED) is 0.484. The van der Waals surface area contributed by atoms with Crippen molar-refractivity contribution in [2.45, 2.75) is 37.9 Å². The lowest BCUT2D eigenvalue weighted by Crippen LogP contribution is -2.29. The minimum Gasteiger partial charge on any atom is -0.459 e. The number of nitrogens with zero attached hydrogens (tertiary/aromatic N) is 1. The van der Waals surface area contributed by atoms with Crippen molar-refractivity contribution in [2.75, 3.05) is 7.11 Å². The first kappa shape index (κ1) is 15.7. The summed E-state index contributed by atoms with van der Waals surface area (Å²) < 4.78 is 10.7. The Morgan fingerprint density at radius 3 is 2.76 bits per heavy atom. The molecule has 0 spiro atoms. The third-order valence-corrected chi connectivity index (χ3v) is 3.90. The van der Waals surface area contributed by atoms with E-state index in [-0.39, 0.29) is 28.5 Å². The summed E-state index contributed by atoms with van der Waals surface area (Å²) in [5.41, 5.74) is -0.171. The molecule has 0 saturated heterocycles. The summed E-state index contributed by atoms with van der Waals surface area (Å²) >= 11 is 5.92. The van der Waals surface area contributed by atoms with Crippen LogP contribution in [0.15, 0.2) is 18.2 Å². The molecule has 2 unspecified atom stereocenters. The fraction of sp³-hybridized carbons (Fsp3) is 0.500. The zero-order chi connectivity index (χ0) is 15.4. The van der Waals surface area contributed by atoms with E-state index in [0.717, 1.165) is 25.3 Å². The average molecular weight is 314 g/mol. The van der Waals surface area contributed by atoms with Crippen LogP contribution in [-0.4, -0.2) is 30.2 Å². The molecule has 7 heteroatoms. The van der Waals surface area contributed by atoms with Crippen molar-refractivity contribution in [1.82, 2.24) is 0 Å². The van der Waals surface area contributed by atoms with Gasteiger partial charge in [0.05, 0.1) is 21.6 Å². The minimum absolute atomic E-state index is 0.0189. The van der Waals surface area contributed by atoms with Gasteiger partial charge in [-0.2, -0.15) is 0 Å². The lowest BCUT2D eigenvalue weighted by atomic mass is 9.95. The predicted octanol–water partition coefficient (Wildman–Crippen LogP) is 3.36. The van der Waals surface area contributed by atoms with Gasteiger partial charge in [0, 0.05) is 25.7 Å². The first-order valence-corrected chi connectivity index (χ1v) is 7.06. The van der Waals surface area contributed by atoms with Gasteiger partial charge < -0.3 is 9.47 Å². The van der Waals surface area contributed by atoms with Gasteiger partial charge in [-0.15, -0.1) is 0 Å². The Bertz CT molecular complexity index is 548. The summed E-state index contributed by atoms with van der Waals surface area (Å²) in [6, 6.07) is 3.72. The minimum atomic E-state index is -0.634. The van der Waals surface area contributed by atoms with Crippen molar-refractivity contribution in [3.05, 3.63) is 38.9 Å². The van der Waals surface area contributed by atoms with Crippen LogP contribution in [0, 0.1) is 10.1 Å². The summed E-state index contributed by atoms with van der Waals surface area (Å²) in [4.78, 5) is 22.3. The number of carbonyl (C=O) groups is 1. The summed E-state index contributed by atoms with van der Waals surface area (Å²) in [6.07, 6.45) is 3.09. The number of methoxy groups -OCH3 is 1. The molecule has 1 aromatic carbocycles. The molecule has 1 aliphatic carbocycles. The highest BCUT2D eigenvalue weighted by Gasteiger charge is 2.26. The van der Waals surface area contributed by atoms with Gasteiger partial charge >= 0.3 is 5.97 Å². The van der Waals surface area contributed by atoms with E-state index in [2.05, 4.69) is 0 Å². The molecule has 6 nitrogen and oxygen atoms in total. The standard InChI is InChI=1S/C14H16ClNO5/c1-20-10-3-2-4-11(8-10)21-14(17)12-7-9(16(18)19)5-6-13(12)15/h5-7,10-11H,2-4,8H2,1H3. The van der Waals surface area contributed by atoms with Crippen LogP contribution in [-0.2, 0) is 9.47 Å². The molecule has 0 heterocycles. The van der Waals surface area contributed by atoms with E-state index in [4.69, 9.17) is 21.1 Å². The molecule has 2 rings (SSSR count). The number of halogens is 1. The lowest BCUT2D eigenvalue weighted by Gasteiger charge is -2.27. The van der Waals surface area contributed by atoms with Crippen molar-refractivity contribution in [1.29, 1.82) is 0 Å². The van der Waals surface area contributed by atoms with E-state index in [1.165, 1.54) is 12.1 Å². The summed E-state index contributed by atoms with van der Waals surface area (Å²) in [7, 11) is 1.63. The highest BCUT2D eigenvalue weighted by molar-refractivity contribution is 6.33. The number of hydrogen-bond acceptors (Lipinski definition) is 5. The Hall–Kier alpha value is -1.66. The van der Waals surface area contributed by atoms with Crippen molar-refractivity contribution >= 4 is 23.3 Å². The monoisotopic (exact) mass is 313 g/mol. The molecular weight excluding hydrogens is 298 g/mol.